The number of primary sulfonamides is 2. The van der Waals surface area contributed by atoms with Gasteiger partial charge >= 0.3 is 0 Å². The van der Waals surface area contributed by atoms with Gasteiger partial charge in [-0.05, 0) is 60.3 Å². The van der Waals surface area contributed by atoms with E-state index in [1.807, 2.05) is 0 Å². The number of nitrogens with one attached hydrogen (secondary N) is 1. The number of carbonyl (C=O) groups excluding carboxylic acids is 2. The predicted octanol–water partition coefficient (Wildman–Crippen LogP) is 0.811. The number of nitrogens with zero attached hydrogens (tertiary/aromatic N) is 3. The number of sulfonamides is 2. The molecule has 12 nitrogen and oxygen atoms in total. The van der Waals surface area contributed by atoms with Gasteiger partial charge in [-0.3, -0.25) is 9.59 Å². The summed E-state index contributed by atoms with van der Waals surface area (Å²) in [6, 6.07) is 11.9. The Morgan fingerprint density at radius 2 is 1.47 bits per heavy atom. The van der Waals surface area contributed by atoms with Gasteiger partial charge in [0.2, 0.25) is 20.0 Å². The molecule has 0 bridgehead atoms. The first-order valence-electron chi connectivity index (χ1n) is 9.10. The predicted molar refractivity (Wildman–Crippen MR) is 125 cm³/mol. The fraction of sp³-hybridized carbons (Fsp3) is 0.0526. The molecule has 0 radical (unpaired) electrons. The van der Waals surface area contributed by atoms with Gasteiger partial charge in [-0.15, -0.1) is 0 Å². The van der Waals surface area contributed by atoms with E-state index in [1.165, 1.54) is 55.5 Å². The number of rotatable bonds is 6. The van der Waals surface area contributed by atoms with Crippen molar-refractivity contribution in [3.8, 4) is 6.07 Å². The number of amides is 1. The van der Waals surface area contributed by atoms with Crippen LogP contribution in [0.25, 0.3) is 0 Å². The van der Waals surface area contributed by atoms with Gasteiger partial charge in [0, 0.05) is 12.6 Å². The standard InChI is InChI=1S/C19H16N6O6S3/c1-11(26)18-24-25(13-4-8-15(9-5-13)34(22,30)31)19(32-18)16(10-20)17(27)23-12-2-6-14(7-3-12)33(21,28)29/h2-9H,1H3,(H,23,27)(H2,21,28,29)(H2,22,30,31)/b19-16-. The summed E-state index contributed by atoms with van der Waals surface area (Å²) < 4.78 is 45.8. The zero-order valence-corrected chi connectivity index (χ0v) is 19.7. The van der Waals surface area contributed by atoms with E-state index in [1.54, 1.807) is 6.07 Å². The largest absolute Gasteiger partial charge is 0.321 e. The monoisotopic (exact) mass is 520 g/mol. The summed E-state index contributed by atoms with van der Waals surface area (Å²) in [5, 5.41) is 27.6. The second kappa shape index (κ2) is 9.37. The van der Waals surface area contributed by atoms with Crippen LogP contribution in [0.2, 0.25) is 0 Å². The van der Waals surface area contributed by atoms with Crippen molar-refractivity contribution >= 4 is 59.9 Å². The van der Waals surface area contributed by atoms with Crippen molar-refractivity contribution in [1.29, 1.82) is 5.26 Å². The van der Waals surface area contributed by atoms with E-state index >= 15 is 0 Å². The highest BCUT2D eigenvalue weighted by molar-refractivity contribution is 8.19. The number of nitrogens with two attached hydrogens (primary N) is 2. The smallest absolute Gasteiger partial charge is 0.269 e. The molecule has 0 spiro atoms. The van der Waals surface area contributed by atoms with Crippen molar-refractivity contribution < 1.29 is 26.4 Å². The highest BCUT2D eigenvalue weighted by Gasteiger charge is 2.31. The molecule has 34 heavy (non-hydrogen) atoms. The third kappa shape index (κ3) is 5.50. The lowest BCUT2D eigenvalue weighted by Gasteiger charge is -2.17. The molecule has 1 aliphatic heterocycles. The summed E-state index contributed by atoms with van der Waals surface area (Å²) in [4.78, 5) is 24.4. The van der Waals surface area contributed by atoms with Crippen LogP contribution in [-0.4, -0.2) is 33.6 Å². The average molecular weight is 521 g/mol. The van der Waals surface area contributed by atoms with Gasteiger partial charge in [0.1, 0.15) is 16.7 Å². The van der Waals surface area contributed by atoms with E-state index in [9.17, 15) is 31.7 Å². The van der Waals surface area contributed by atoms with Gasteiger partial charge in [-0.25, -0.2) is 32.1 Å². The lowest BCUT2D eigenvalue weighted by Crippen LogP contribution is -2.20. The minimum atomic E-state index is -3.95. The maximum Gasteiger partial charge on any atom is 0.269 e. The number of carbonyl (C=O) groups is 2. The summed E-state index contributed by atoms with van der Waals surface area (Å²) in [5.74, 6) is -1.26. The van der Waals surface area contributed by atoms with Gasteiger partial charge in [-0.1, -0.05) is 0 Å². The topological polar surface area (TPSA) is 206 Å². The van der Waals surface area contributed by atoms with Gasteiger partial charge in [0.05, 0.1) is 15.5 Å². The Bertz CT molecular complexity index is 1490. The van der Waals surface area contributed by atoms with Crippen molar-refractivity contribution in [2.45, 2.75) is 16.7 Å². The number of nitriles is 1. The molecule has 3 rings (SSSR count). The first-order valence-corrected chi connectivity index (χ1v) is 13.0. The summed E-state index contributed by atoms with van der Waals surface area (Å²) in [7, 11) is -7.87. The Kier molecular flexibility index (Phi) is 6.91. The Morgan fingerprint density at radius 3 is 1.91 bits per heavy atom. The second-order valence-corrected chi connectivity index (χ2v) is 10.8. The van der Waals surface area contributed by atoms with Gasteiger partial charge in [0.15, 0.2) is 10.8 Å². The van der Waals surface area contributed by atoms with Crippen LogP contribution in [0.1, 0.15) is 6.92 Å². The minimum absolute atomic E-state index is 0.00331. The third-order valence-electron chi connectivity index (χ3n) is 4.28. The molecule has 2 aromatic carbocycles. The SMILES string of the molecule is CC(=O)C1=NN(c2ccc(S(N)(=O)=O)cc2)/C(=C(\C#N)C(=O)Nc2ccc(S(N)(=O)=O)cc2)S1. The fourth-order valence-corrected chi connectivity index (χ4v) is 4.61. The molecule has 0 saturated heterocycles. The van der Waals surface area contributed by atoms with Crippen molar-refractivity contribution in [2.75, 3.05) is 10.3 Å². The Morgan fingerprint density at radius 1 is 0.971 bits per heavy atom. The number of thioether (sulfide) groups is 1. The fourth-order valence-electron chi connectivity index (χ4n) is 2.66. The molecule has 176 valence electrons. The maximum absolute atomic E-state index is 12.8. The number of hydrogen-bond donors (Lipinski definition) is 3. The molecule has 0 atom stereocenters. The number of Topliss-reactive ketones (excluding diaryl/α,β-unsaturated/α-hetero) is 1. The first-order chi connectivity index (χ1) is 15.8. The minimum Gasteiger partial charge on any atom is -0.321 e. The maximum atomic E-state index is 12.8. The molecular formula is C19H16N6O6S3. The summed E-state index contributed by atoms with van der Waals surface area (Å²) in [6.45, 7) is 1.26. The molecule has 0 saturated carbocycles. The number of benzene rings is 2. The van der Waals surface area contributed by atoms with Crippen LogP contribution >= 0.6 is 11.8 Å². The van der Waals surface area contributed by atoms with E-state index in [2.05, 4.69) is 10.4 Å². The number of anilines is 2. The second-order valence-electron chi connectivity index (χ2n) is 6.73. The zero-order valence-electron chi connectivity index (χ0n) is 17.3. The lowest BCUT2D eigenvalue weighted by molar-refractivity contribution is -0.112. The van der Waals surface area contributed by atoms with Crippen LogP contribution in [0.4, 0.5) is 11.4 Å². The summed E-state index contributed by atoms with van der Waals surface area (Å²) in [5.41, 5.74) is 0.0609. The number of hydrazone groups is 1. The average Bonchev–Trinajstić information content (AvgIpc) is 3.19. The highest BCUT2D eigenvalue weighted by Crippen LogP contribution is 2.37. The zero-order chi connectivity index (χ0) is 25.3. The van der Waals surface area contributed by atoms with Crippen LogP contribution in [0.15, 0.2) is 74.0 Å². The van der Waals surface area contributed by atoms with E-state index < -0.39 is 37.3 Å². The quantitative estimate of drug-likeness (QED) is 0.363. The van der Waals surface area contributed by atoms with E-state index in [4.69, 9.17) is 10.3 Å². The molecule has 0 aliphatic carbocycles. The van der Waals surface area contributed by atoms with E-state index in [0.29, 0.717) is 0 Å². The van der Waals surface area contributed by atoms with Crippen LogP contribution in [0.5, 0.6) is 0 Å². The molecule has 0 aromatic heterocycles. The Labute approximate surface area is 199 Å². The van der Waals surface area contributed by atoms with Gasteiger partial charge in [0.25, 0.3) is 5.91 Å². The molecule has 2 aromatic rings. The number of hydrogen-bond acceptors (Lipinski definition) is 10. The summed E-state index contributed by atoms with van der Waals surface area (Å²) >= 11 is 0.793. The van der Waals surface area contributed by atoms with Crippen molar-refractivity contribution in [1.82, 2.24) is 0 Å². The molecule has 0 fully saturated rings. The number of ketones is 1. The molecule has 1 heterocycles. The normalized spacial score (nSPS) is 15.4. The van der Waals surface area contributed by atoms with Crippen LogP contribution in [-0.2, 0) is 29.6 Å². The highest BCUT2D eigenvalue weighted by atomic mass is 32.2. The van der Waals surface area contributed by atoms with Gasteiger partial charge < -0.3 is 5.32 Å². The van der Waals surface area contributed by atoms with Crippen molar-refractivity contribution in [2.24, 2.45) is 15.4 Å². The lowest BCUT2D eigenvalue weighted by atomic mass is 10.2. The van der Waals surface area contributed by atoms with Gasteiger partial charge in [-0.2, -0.15) is 10.4 Å². The molecule has 1 amide bonds. The Hall–Kier alpha value is -3.55. The first kappa shape index (κ1) is 25.1. The molecule has 15 heteroatoms. The van der Waals surface area contributed by atoms with E-state index in [-0.39, 0.29) is 31.2 Å². The van der Waals surface area contributed by atoms with E-state index in [0.717, 1.165) is 16.8 Å². The molecule has 5 N–H and O–H groups in total. The molecule has 0 unspecified atom stereocenters. The van der Waals surface area contributed by atoms with Crippen LogP contribution in [0.3, 0.4) is 0 Å². The van der Waals surface area contributed by atoms with Crippen molar-refractivity contribution in [3.05, 3.63) is 59.1 Å². The van der Waals surface area contributed by atoms with Crippen LogP contribution in [0, 0.1) is 11.3 Å². The van der Waals surface area contributed by atoms with Crippen LogP contribution < -0.4 is 20.6 Å². The van der Waals surface area contributed by atoms with Crippen molar-refractivity contribution in [3.63, 3.8) is 0 Å². The summed E-state index contributed by atoms with van der Waals surface area (Å²) in [6.07, 6.45) is 0. The Balaban J connectivity index is 1.98. The third-order valence-corrected chi connectivity index (χ3v) is 7.27. The molecule has 1 aliphatic rings. The molecular weight excluding hydrogens is 504 g/mol.